The first-order valence-corrected chi connectivity index (χ1v) is 10.7. The first kappa shape index (κ1) is 23.8. The molecule has 0 amide bonds. The highest BCUT2D eigenvalue weighted by Gasteiger charge is 2.20. The van der Waals surface area contributed by atoms with Crippen LogP contribution >= 0.6 is 92.8 Å². The molecule has 30 heavy (non-hydrogen) atoms. The molecule has 0 aromatic heterocycles. The van der Waals surface area contributed by atoms with Crippen molar-refractivity contribution in [2.24, 2.45) is 0 Å². The topological polar surface area (TPSA) is 70.5 Å². The molecule has 12 heteroatoms. The Hall–Kier alpha value is -0.820. The molecule has 0 bridgehead atoms. The number of hydrogen-bond donors (Lipinski definition) is 2. The van der Waals surface area contributed by atoms with Crippen molar-refractivity contribution in [3.8, 4) is 23.0 Å². The van der Waals surface area contributed by atoms with E-state index in [0.29, 0.717) is 0 Å². The third-order valence-corrected chi connectivity index (χ3v) is 6.99. The number of rotatable bonds is 4. The fourth-order valence-electron chi connectivity index (χ4n) is 2.27. The summed E-state index contributed by atoms with van der Waals surface area (Å²) in [5, 5.41) is 0.606. The highest BCUT2D eigenvalue weighted by atomic mass is 35.5. The Kier molecular flexibility index (Phi) is 7.43. The molecule has 0 saturated carbocycles. The summed E-state index contributed by atoms with van der Waals surface area (Å²) in [5.41, 5.74) is 11.9. The van der Waals surface area contributed by atoms with E-state index in [0.717, 1.165) is 0 Å². The van der Waals surface area contributed by atoms with Crippen LogP contribution in [-0.4, -0.2) is 0 Å². The first-order chi connectivity index (χ1) is 14.0. The number of benzene rings is 3. The van der Waals surface area contributed by atoms with E-state index in [1.807, 2.05) is 0 Å². The minimum atomic E-state index is 0.0287. The van der Waals surface area contributed by atoms with Gasteiger partial charge in [0.25, 0.3) is 0 Å². The van der Waals surface area contributed by atoms with E-state index in [1.165, 1.54) is 24.3 Å². The van der Waals surface area contributed by atoms with Crippen molar-refractivity contribution in [1.82, 2.24) is 0 Å². The van der Waals surface area contributed by atoms with E-state index in [4.69, 9.17) is 114 Å². The number of ether oxygens (including phenoxy) is 2. The quantitative estimate of drug-likeness (QED) is 0.243. The van der Waals surface area contributed by atoms with Gasteiger partial charge in [-0.1, -0.05) is 92.8 Å². The van der Waals surface area contributed by atoms with Gasteiger partial charge in [-0.25, -0.2) is 0 Å². The van der Waals surface area contributed by atoms with Gasteiger partial charge in [-0.15, -0.1) is 0 Å². The highest BCUT2D eigenvalue weighted by Crippen LogP contribution is 2.48. The minimum Gasteiger partial charge on any atom is -0.454 e. The van der Waals surface area contributed by atoms with Gasteiger partial charge in [0.1, 0.15) is 26.6 Å². The SMILES string of the molecule is Nc1cc(Oc2cc(Cl)cc(Oc3cc(N)c(Cl)c(Cl)c3Cl)c2Cl)c(Cl)c(Cl)c1Cl. The van der Waals surface area contributed by atoms with Crippen LogP contribution in [0.5, 0.6) is 23.0 Å². The molecule has 4 nitrogen and oxygen atoms in total. The normalized spacial score (nSPS) is 10.9. The van der Waals surface area contributed by atoms with Crippen molar-refractivity contribution >= 4 is 104 Å². The molecular formula is C18H8Cl8N2O2. The van der Waals surface area contributed by atoms with E-state index >= 15 is 0 Å². The number of hydrogen-bond acceptors (Lipinski definition) is 4. The molecule has 158 valence electrons. The Balaban J connectivity index is 2.04. The summed E-state index contributed by atoms with van der Waals surface area (Å²) in [5.74, 6) is 0.414. The summed E-state index contributed by atoms with van der Waals surface area (Å²) in [6, 6.07) is 5.67. The van der Waals surface area contributed by atoms with Crippen LogP contribution < -0.4 is 20.9 Å². The monoisotopic (exact) mass is 564 g/mol. The number of nitrogens with two attached hydrogens (primary N) is 2. The van der Waals surface area contributed by atoms with Gasteiger partial charge in [0.15, 0.2) is 11.5 Å². The Morgan fingerprint density at radius 3 is 1.13 bits per heavy atom. The van der Waals surface area contributed by atoms with Crippen LogP contribution in [-0.2, 0) is 0 Å². The summed E-state index contributed by atoms with van der Waals surface area (Å²) in [6.45, 7) is 0. The van der Waals surface area contributed by atoms with Crippen LogP contribution in [0.15, 0.2) is 24.3 Å². The van der Waals surface area contributed by atoms with Gasteiger partial charge in [-0.05, 0) is 0 Å². The Morgan fingerprint density at radius 2 is 0.767 bits per heavy atom. The smallest absolute Gasteiger partial charge is 0.151 e. The average Bonchev–Trinajstić information content (AvgIpc) is 2.70. The highest BCUT2D eigenvalue weighted by molar-refractivity contribution is 6.50. The first-order valence-electron chi connectivity index (χ1n) is 7.72. The molecule has 0 aliphatic heterocycles. The summed E-state index contributed by atoms with van der Waals surface area (Å²) in [7, 11) is 0. The van der Waals surface area contributed by atoms with Crippen LogP contribution in [0.1, 0.15) is 0 Å². The largest absolute Gasteiger partial charge is 0.454 e. The lowest BCUT2D eigenvalue weighted by Gasteiger charge is -2.16. The van der Waals surface area contributed by atoms with Gasteiger partial charge in [0.05, 0.1) is 31.5 Å². The molecule has 3 aromatic carbocycles. The van der Waals surface area contributed by atoms with E-state index < -0.39 is 0 Å². The molecular weight excluding hydrogens is 560 g/mol. The van der Waals surface area contributed by atoms with Crippen molar-refractivity contribution in [1.29, 1.82) is 0 Å². The zero-order chi connectivity index (χ0) is 22.3. The number of anilines is 2. The molecule has 0 radical (unpaired) electrons. The predicted molar refractivity (Wildman–Crippen MR) is 128 cm³/mol. The van der Waals surface area contributed by atoms with Gasteiger partial charge < -0.3 is 20.9 Å². The van der Waals surface area contributed by atoms with Crippen LogP contribution in [0.4, 0.5) is 11.4 Å². The van der Waals surface area contributed by atoms with Crippen molar-refractivity contribution < 1.29 is 9.47 Å². The lowest BCUT2D eigenvalue weighted by Crippen LogP contribution is -1.95. The zero-order valence-electron chi connectivity index (χ0n) is 14.3. The van der Waals surface area contributed by atoms with Crippen molar-refractivity contribution in [3.05, 3.63) is 64.4 Å². The summed E-state index contributed by atoms with van der Waals surface area (Å²) in [6.07, 6.45) is 0. The summed E-state index contributed by atoms with van der Waals surface area (Å²) < 4.78 is 11.5. The van der Waals surface area contributed by atoms with Gasteiger partial charge in [0, 0.05) is 29.3 Å². The molecule has 0 atom stereocenters. The van der Waals surface area contributed by atoms with Crippen LogP contribution in [0.3, 0.4) is 0 Å². The van der Waals surface area contributed by atoms with Crippen LogP contribution in [0, 0.1) is 0 Å². The summed E-state index contributed by atoms with van der Waals surface area (Å²) in [4.78, 5) is 0. The maximum Gasteiger partial charge on any atom is 0.151 e. The van der Waals surface area contributed by atoms with Gasteiger partial charge in [0.2, 0.25) is 0 Å². The van der Waals surface area contributed by atoms with E-state index in [2.05, 4.69) is 0 Å². The lowest BCUT2D eigenvalue weighted by atomic mass is 10.2. The predicted octanol–water partition coefficient (Wildman–Crippen LogP) is 9.66. The molecule has 0 unspecified atom stereocenters. The zero-order valence-corrected chi connectivity index (χ0v) is 20.4. The fourth-order valence-corrected chi connectivity index (χ4v) is 3.83. The third-order valence-electron chi connectivity index (χ3n) is 3.69. The van der Waals surface area contributed by atoms with Crippen LogP contribution in [0.25, 0.3) is 0 Å². The molecule has 0 heterocycles. The third kappa shape index (κ3) is 4.67. The Bertz CT molecular complexity index is 1080. The molecule has 0 aliphatic rings. The van der Waals surface area contributed by atoms with E-state index in [9.17, 15) is 0 Å². The van der Waals surface area contributed by atoms with Gasteiger partial charge >= 0.3 is 0 Å². The maximum atomic E-state index is 6.43. The second kappa shape index (κ2) is 9.35. The van der Waals surface area contributed by atoms with E-state index in [1.54, 1.807) is 0 Å². The second-order valence-electron chi connectivity index (χ2n) is 5.73. The Labute approximate surface area is 211 Å². The molecule has 0 fully saturated rings. The number of halogens is 8. The fraction of sp³-hybridized carbons (Fsp3) is 0. The maximum absolute atomic E-state index is 6.43. The van der Waals surface area contributed by atoms with Gasteiger partial charge in [-0.3, -0.25) is 0 Å². The molecule has 4 N–H and O–H groups in total. The molecule has 0 saturated heterocycles. The van der Waals surface area contributed by atoms with Crippen molar-refractivity contribution in [3.63, 3.8) is 0 Å². The van der Waals surface area contributed by atoms with Gasteiger partial charge in [-0.2, -0.15) is 0 Å². The van der Waals surface area contributed by atoms with Crippen molar-refractivity contribution in [2.75, 3.05) is 11.5 Å². The average molecular weight is 568 g/mol. The lowest BCUT2D eigenvalue weighted by molar-refractivity contribution is 0.461. The number of nitrogen functional groups attached to an aromatic ring is 2. The standard InChI is InChI=1S/C18H8Cl8N2O2/c19-5-1-8(29-10-3-6(27)12(20)17(25)15(10)23)14(22)9(2-5)30-11-4-7(28)13(21)18(26)16(11)24/h1-4H,27-28H2. The second-order valence-corrected chi connectivity index (χ2v) is 8.81. The van der Waals surface area contributed by atoms with Crippen molar-refractivity contribution in [2.45, 2.75) is 0 Å². The molecule has 0 spiro atoms. The van der Waals surface area contributed by atoms with Crippen LogP contribution in [0.2, 0.25) is 40.2 Å². The summed E-state index contributed by atoms with van der Waals surface area (Å²) >= 11 is 49.1. The Morgan fingerprint density at radius 1 is 0.433 bits per heavy atom. The minimum absolute atomic E-state index is 0.0287. The molecule has 3 rings (SSSR count). The molecule has 0 aliphatic carbocycles. The molecule has 3 aromatic rings. The van der Waals surface area contributed by atoms with E-state index in [-0.39, 0.29) is 74.6 Å².